The minimum atomic E-state index is -0.0510. The molecule has 0 unspecified atom stereocenters. The third-order valence-corrected chi connectivity index (χ3v) is 9.31. The highest BCUT2D eigenvalue weighted by Crippen LogP contribution is 2.53. The topological polar surface area (TPSA) is 33.5 Å². The van der Waals surface area contributed by atoms with Crippen molar-refractivity contribution in [3.63, 3.8) is 0 Å². The van der Waals surface area contributed by atoms with Crippen LogP contribution >= 0.6 is 0 Å². The number of aromatic nitrogens is 4. The lowest BCUT2D eigenvalue weighted by Gasteiger charge is -2.31. The Morgan fingerprint density at radius 1 is 0.651 bits per heavy atom. The zero-order chi connectivity index (χ0) is 29.8. The maximum atomic E-state index is 5.00. The fourth-order valence-corrected chi connectivity index (χ4v) is 6.85. The summed E-state index contributed by atoms with van der Waals surface area (Å²) in [6, 6.07) is 30.6. The standard InChI is InChI=1S/C39H44N4/c1-5-7-20-39(21-8-6-2)35-25-37(33-19-22-42(29(3)23-33)26-31-15-11-9-12-16-31)40-41-38(35)34-24-30(4)43(28-36(34)39)27-32-17-13-10-14-18-32/h9-19,22-25,28H,5-8,20-21,26-27H2,1-4H3/q+2. The predicted molar refractivity (Wildman–Crippen MR) is 174 cm³/mol. The van der Waals surface area contributed by atoms with Crippen LogP contribution in [-0.2, 0) is 18.5 Å². The Bertz CT molecular complexity index is 1700. The predicted octanol–water partition coefficient (Wildman–Crippen LogP) is 8.08. The van der Waals surface area contributed by atoms with Crippen molar-refractivity contribution in [2.24, 2.45) is 0 Å². The molecule has 0 N–H and O–H groups in total. The third kappa shape index (κ3) is 5.76. The number of hydrogen-bond acceptors (Lipinski definition) is 2. The highest BCUT2D eigenvalue weighted by atomic mass is 15.1. The van der Waals surface area contributed by atoms with Gasteiger partial charge in [-0.2, -0.15) is 9.13 Å². The van der Waals surface area contributed by atoms with E-state index in [0.717, 1.165) is 42.9 Å². The molecule has 3 aromatic heterocycles. The fraction of sp³-hybridized carbons (Fsp3) is 0.333. The molecular weight excluding hydrogens is 524 g/mol. The summed E-state index contributed by atoms with van der Waals surface area (Å²) in [6.45, 7) is 10.8. The zero-order valence-electron chi connectivity index (χ0n) is 26.2. The van der Waals surface area contributed by atoms with Gasteiger partial charge in [0.2, 0.25) is 0 Å². The molecule has 4 nitrogen and oxygen atoms in total. The van der Waals surface area contributed by atoms with Crippen molar-refractivity contribution in [3.05, 3.63) is 131 Å². The van der Waals surface area contributed by atoms with Gasteiger partial charge in [0, 0.05) is 65.3 Å². The molecule has 3 heterocycles. The van der Waals surface area contributed by atoms with E-state index in [2.05, 4.69) is 134 Å². The van der Waals surface area contributed by atoms with Gasteiger partial charge in [0.05, 0.1) is 11.4 Å². The molecule has 0 aliphatic heterocycles. The minimum Gasteiger partial charge on any atom is -0.198 e. The molecule has 1 aliphatic carbocycles. The quantitative estimate of drug-likeness (QED) is 0.151. The summed E-state index contributed by atoms with van der Waals surface area (Å²) in [5.41, 5.74) is 12.3. The average molecular weight is 569 g/mol. The maximum Gasteiger partial charge on any atom is 0.179 e. The lowest BCUT2D eigenvalue weighted by atomic mass is 9.71. The molecule has 0 saturated carbocycles. The van der Waals surface area contributed by atoms with E-state index in [1.807, 2.05) is 0 Å². The molecular formula is C39H44N4+2. The van der Waals surface area contributed by atoms with E-state index in [4.69, 9.17) is 10.2 Å². The van der Waals surface area contributed by atoms with E-state index in [1.54, 1.807) is 0 Å². The van der Waals surface area contributed by atoms with E-state index >= 15 is 0 Å². The van der Waals surface area contributed by atoms with Gasteiger partial charge in [-0.15, -0.1) is 10.2 Å². The number of hydrogen-bond donors (Lipinski definition) is 0. The van der Waals surface area contributed by atoms with E-state index < -0.39 is 0 Å². The first kappa shape index (κ1) is 28.9. The second-order valence-corrected chi connectivity index (χ2v) is 12.3. The first-order valence-electron chi connectivity index (χ1n) is 16.0. The van der Waals surface area contributed by atoms with Crippen LogP contribution < -0.4 is 9.13 Å². The lowest BCUT2D eigenvalue weighted by Crippen LogP contribution is -2.39. The van der Waals surface area contributed by atoms with Crippen molar-refractivity contribution >= 4 is 0 Å². The molecule has 0 spiro atoms. The van der Waals surface area contributed by atoms with E-state index in [0.29, 0.717) is 0 Å². The second kappa shape index (κ2) is 12.6. The van der Waals surface area contributed by atoms with Gasteiger partial charge in [-0.25, -0.2) is 0 Å². The summed E-state index contributed by atoms with van der Waals surface area (Å²) >= 11 is 0. The lowest BCUT2D eigenvalue weighted by molar-refractivity contribution is -0.694. The molecule has 0 amide bonds. The zero-order valence-corrected chi connectivity index (χ0v) is 26.2. The van der Waals surface area contributed by atoms with E-state index in [9.17, 15) is 0 Å². The first-order valence-corrected chi connectivity index (χ1v) is 16.0. The Morgan fingerprint density at radius 2 is 1.26 bits per heavy atom. The number of nitrogens with zero attached hydrogens (tertiary/aromatic N) is 4. The largest absolute Gasteiger partial charge is 0.198 e. The van der Waals surface area contributed by atoms with Crippen molar-refractivity contribution in [3.8, 4) is 22.5 Å². The van der Waals surface area contributed by atoms with Crippen LogP contribution in [0.3, 0.4) is 0 Å². The van der Waals surface area contributed by atoms with Crippen molar-refractivity contribution in [2.45, 2.75) is 84.7 Å². The normalized spacial score (nSPS) is 13.1. The summed E-state index contributed by atoms with van der Waals surface area (Å²) < 4.78 is 4.74. The van der Waals surface area contributed by atoms with Gasteiger partial charge in [-0.05, 0) is 24.5 Å². The number of benzene rings is 2. The monoisotopic (exact) mass is 568 g/mol. The van der Waals surface area contributed by atoms with Gasteiger partial charge >= 0.3 is 0 Å². The summed E-state index contributed by atoms with van der Waals surface area (Å²) in [5, 5.41) is 9.85. The molecule has 4 heteroatoms. The Hall–Kier alpha value is -4.18. The molecule has 0 radical (unpaired) electrons. The molecule has 0 fully saturated rings. The van der Waals surface area contributed by atoms with Crippen molar-refractivity contribution in [1.82, 2.24) is 10.2 Å². The van der Waals surface area contributed by atoms with Crippen LogP contribution in [0.25, 0.3) is 22.5 Å². The molecule has 2 aromatic carbocycles. The average Bonchev–Trinajstić information content (AvgIpc) is 3.29. The summed E-state index contributed by atoms with van der Waals surface area (Å²) in [5.74, 6) is 0. The van der Waals surface area contributed by atoms with Gasteiger partial charge in [0.15, 0.2) is 36.9 Å². The van der Waals surface area contributed by atoms with Crippen molar-refractivity contribution < 1.29 is 9.13 Å². The Kier molecular flexibility index (Phi) is 8.47. The number of rotatable bonds is 11. The molecule has 6 rings (SSSR count). The Labute approximate surface area is 257 Å². The van der Waals surface area contributed by atoms with Crippen LogP contribution in [0.2, 0.25) is 0 Å². The Balaban J connectivity index is 1.43. The minimum absolute atomic E-state index is 0.0510. The van der Waals surface area contributed by atoms with Gasteiger partial charge in [0.25, 0.3) is 0 Å². The van der Waals surface area contributed by atoms with Crippen LogP contribution in [0, 0.1) is 13.8 Å². The van der Waals surface area contributed by atoms with Crippen LogP contribution in [0.4, 0.5) is 0 Å². The smallest absolute Gasteiger partial charge is 0.179 e. The SMILES string of the molecule is CCCCC1(CCCC)c2c[n+](Cc3ccccc3)c(C)cc2-c2nnc(-c3cc[n+](Cc4ccccc4)c(C)c3)cc21. The molecule has 0 atom stereocenters. The van der Waals surface area contributed by atoms with Crippen molar-refractivity contribution in [1.29, 1.82) is 0 Å². The first-order chi connectivity index (χ1) is 21.0. The van der Waals surface area contributed by atoms with Gasteiger partial charge in [-0.3, -0.25) is 0 Å². The van der Waals surface area contributed by atoms with Crippen LogP contribution in [0.15, 0.2) is 97.3 Å². The van der Waals surface area contributed by atoms with Crippen LogP contribution in [0.5, 0.6) is 0 Å². The number of aryl methyl sites for hydroxylation is 2. The van der Waals surface area contributed by atoms with Gasteiger partial charge in [-0.1, -0.05) is 100 Å². The highest BCUT2D eigenvalue weighted by Gasteiger charge is 2.46. The summed E-state index contributed by atoms with van der Waals surface area (Å²) in [4.78, 5) is 0. The van der Waals surface area contributed by atoms with Crippen LogP contribution in [0.1, 0.15) is 86.0 Å². The summed E-state index contributed by atoms with van der Waals surface area (Å²) in [6.07, 6.45) is 11.6. The molecule has 0 saturated heterocycles. The van der Waals surface area contributed by atoms with Gasteiger partial charge in [0.1, 0.15) is 0 Å². The molecule has 43 heavy (non-hydrogen) atoms. The number of unbranched alkanes of at least 4 members (excludes halogenated alkanes) is 2. The number of fused-ring (bicyclic) bond motifs is 3. The molecule has 0 bridgehead atoms. The molecule has 1 aliphatic rings. The van der Waals surface area contributed by atoms with Crippen LogP contribution in [-0.4, -0.2) is 10.2 Å². The molecule has 218 valence electrons. The number of pyridine rings is 2. The Morgan fingerprint density at radius 3 is 1.86 bits per heavy atom. The van der Waals surface area contributed by atoms with Crippen molar-refractivity contribution in [2.75, 3.05) is 0 Å². The van der Waals surface area contributed by atoms with E-state index in [-0.39, 0.29) is 5.41 Å². The maximum absolute atomic E-state index is 5.00. The second-order valence-electron chi connectivity index (χ2n) is 12.3. The molecule has 5 aromatic rings. The highest BCUT2D eigenvalue weighted by molar-refractivity contribution is 5.79. The van der Waals surface area contributed by atoms with E-state index in [1.165, 1.54) is 64.9 Å². The summed E-state index contributed by atoms with van der Waals surface area (Å²) in [7, 11) is 0. The third-order valence-electron chi connectivity index (χ3n) is 9.31. The fourth-order valence-electron chi connectivity index (χ4n) is 6.85. The van der Waals surface area contributed by atoms with Gasteiger partial charge < -0.3 is 0 Å².